The molecule has 1 aliphatic rings. The molecule has 3 N–H and O–H groups in total. The summed E-state index contributed by atoms with van der Waals surface area (Å²) in [6, 6.07) is 5.52. The van der Waals surface area contributed by atoms with Crippen LogP contribution in [0, 0.1) is 6.92 Å². The van der Waals surface area contributed by atoms with Gasteiger partial charge in [0.25, 0.3) is 0 Å². The minimum absolute atomic E-state index is 0.289. The highest BCUT2D eigenvalue weighted by atomic mass is 16.5. The largest absolute Gasteiger partial charge is 0.490 e. The maximum Gasteiger partial charge on any atom is 0.124 e. The predicted molar refractivity (Wildman–Crippen MR) is 49.6 cm³/mol. The zero-order valence-electron chi connectivity index (χ0n) is 7.53. The van der Waals surface area contributed by atoms with Crippen molar-refractivity contribution < 1.29 is 9.84 Å². The fraction of sp³-hybridized carbons (Fsp3) is 0.400. The molecule has 1 heterocycles. The molecule has 0 bridgehead atoms. The van der Waals surface area contributed by atoms with Crippen molar-refractivity contribution in [3.05, 3.63) is 29.3 Å². The van der Waals surface area contributed by atoms with Crippen molar-refractivity contribution in [3.8, 4) is 5.75 Å². The lowest BCUT2D eigenvalue weighted by molar-refractivity contribution is 0.0678. The molecule has 0 radical (unpaired) electrons. The van der Waals surface area contributed by atoms with E-state index in [1.54, 1.807) is 0 Å². The number of hydrogen-bond acceptors (Lipinski definition) is 3. The minimum Gasteiger partial charge on any atom is -0.490 e. The summed E-state index contributed by atoms with van der Waals surface area (Å²) in [6.45, 7) is 2.28. The first-order valence-electron chi connectivity index (χ1n) is 4.35. The molecule has 0 amide bonds. The van der Waals surface area contributed by atoms with E-state index in [4.69, 9.17) is 10.5 Å². The summed E-state index contributed by atoms with van der Waals surface area (Å²) in [5, 5.41) is 9.47. The average molecular weight is 179 g/mol. The number of benzene rings is 1. The van der Waals surface area contributed by atoms with E-state index in [1.165, 1.54) is 0 Å². The van der Waals surface area contributed by atoms with Crippen molar-refractivity contribution >= 4 is 0 Å². The van der Waals surface area contributed by atoms with E-state index in [9.17, 15) is 5.11 Å². The molecular weight excluding hydrogens is 166 g/mol. The van der Waals surface area contributed by atoms with Crippen LogP contribution < -0.4 is 10.5 Å². The van der Waals surface area contributed by atoms with E-state index in [0.29, 0.717) is 0 Å². The third-order valence-corrected chi connectivity index (χ3v) is 2.35. The van der Waals surface area contributed by atoms with Gasteiger partial charge in [0, 0.05) is 5.56 Å². The number of aliphatic hydroxyl groups excluding tert-OH is 1. The molecule has 0 aliphatic carbocycles. The Kier molecular flexibility index (Phi) is 1.98. The topological polar surface area (TPSA) is 55.5 Å². The molecule has 2 atom stereocenters. The first-order chi connectivity index (χ1) is 6.18. The van der Waals surface area contributed by atoms with Gasteiger partial charge >= 0.3 is 0 Å². The van der Waals surface area contributed by atoms with Crippen LogP contribution in [0.2, 0.25) is 0 Å². The Labute approximate surface area is 77.1 Å². The number of aryl methyl sites for hydroxylation is 1. The molecule has 13 heavy (non-hydrogen) atoms. The average Bonchev–Trinajstić information content (AvgIpc) is 2.12. The Morgan fingerprint density at radius 3 is 3.08 bits per heavy atom. The van der Waals surface area contributed by atoms with Gasteiger partial charge in [0.1, 0.15) is 18.5 Å². The lowest BCUT2D eigenvalue weighted by Crippen LogP contribution is -2.35. The maximum atomic E-state index is 9.47. The molecule has 0 saturated heterocycles. The number of rotatable bonds is 0. The van der Waals surface area contributed by atoms with Crippen LogP contribution in [0.3, 0.4) is 0 Å². The summed E-state index contributed by atoms with van der Waals surface area (Å²) in [5.41, 5.74) is 7.86. The standard InChI is InChI=1S/C10H13NO2/c1-6-2-3-9-7(4-6)10(11)8(12)5-13-9/h2-4,8,10,12H,5,11H2,1H3/t8-,10-/m0/s1. The van der Waals surface area contributed by atoms with Crippen LogP contribution in [-0.4, -0.2) is 17.8 Å². The van der Waals surface area contributed by atoms with Gasteiger partial charge < -0.3 is 15.6 Å². The summed E-state index contributed by atoms with van der Waals surface area (Å²) in [4.78, 5) is 0. The Hall–Kier alpha value is -1.06. The molecule has 0 aromatic heterocycles. The zero-order chi connectivity index (χ0) is 9.42. The molecular formula is C10H13NO2. The van der Waals surface area contributed by atoms with Crippen molar-refractivity contribution in [3.63, 3.8) is 0 Å². The molecule has 1 aromatic rings. The van der Waals surface area contributed by atoms with Crippen LogP contribution in [0.15, 0.2) is 18.2 Å². The van der Waals surface area contributed by atoms with Gasteiger partial charge in [0.05, 0.1) is 6.04 Å². The van der Waals surface area contributed by atoms with Crippen molar-refractivity contribution in [1.29, 1.82) is 0 Å². The maximum absolute atomic E-state index is 9.47. The SMILES string of the molecule is Cc1ccc2c(c1)[C@H](N)[C@@H](O)CO2. The number of aliphatic hydroxyl groups is 1. The smallest absolute Gasteiger partial charge is 0.124 e. The van der Waals surface area contributed by atoms with Crippen LogP contribution in [-0.2, 0) is 0 Å². The zero-order valence-corrected chi connectivity index (χ0v) is 7.53. The monoisotopic (exact) mass is 179 g/mol. The third-order valence-electron chi connectivity index (χ3n) is 2.35. The fourth-order valence-corrected chi connectivity index (χ4v) is 1.55. The Morgan fingerprint density at radius 2 is 2.31 bits per heavy atom. The van der Waals surface area contributed by atoms with E-state index in [-0.39, 0.29) is 12.6 Å². The number of nitrogens with two attached hydrogens (primary N) is 1. The van der Waals surface area contributed by atoms with Gasteiger partial charge in [0.2, 0.25) is 0 Å². The van der Waals surface area contributed by atoms with Crippen LogP contribution in [0.4, 0.5) is 0 Å². The third kappa shape index (κ3) is 1.41. The van der Waals surface area contributed by atoms with Gasteiger partial charge in [-0.05, 0) is 13.0 Å². The van der Waals surface area contributed by atoms with Crippen LogP contribution in [0.25, 0.3) is 0 Å². The highest BCUT2D eigenvalue weighted by Crippen LogP contribution is 2.31. The van der Waals surface area contributed by atoms with Gasteiger partial charge in [-0.25, -0.2) is 0 Å². The molecule has 1 aromatic carbocycles. The molecule has 70 valence electrons. The summed E-state index contributed by atoms with van der Waals surface area (Å²) in [5.74, 6) is 0.795. The Balaban J connectivity index is 2.45. The van der Waals surface area contributed by atoms with Crippen molar-refractivity contribution in [2.75, 3.05) is 6.61 Å². The number of hydrogen-bond donors (Lipinski definition) is 2. The summed E-state index contributed by atoms with van der Waals surface area (Å²) in [7, 11) is 0. The quantitative estimate of drug-likeness (QED) is 0.618. The predicted octanol–water partition coefficient (Wildman–Crippen LogP) is 0.748. The first-order valence-corrected chi connectivity index (χ1v) is 4.35. The van der Waals surface area contributed by atoms with Crippen molar-refractivity contribution in [2.24, 2.45) is 5.73 Å². The highest BCUT2D eigenvalue weighted by Gasteiger charge is 2.25. The van der Waals surface area contributed by atoms with Crippen LogP contribution in [0.1, 0.15) is 17.2 Å². The molecule has 0 spiro atoms. The van der Waals surface area contributed by atoms with Crippen LogP contribution >= 0.6 is 0 Å². The van der Waals surface area contributed by atoms with Crippen LogP contribution in [0.5, 0.6) is 5.75 Å². The second-order valence-electron chi connectivity index (χ2n) is 3.45. The second-order valence-corrected chi connectivity index (χ2v) is 3.45. The fourth-order valence-electron chi connectivity index (χ4n) is 1.55. The molecule has 3 heteroatoms. The first kappa shape index (κ1) is 8.53. The van der Waals surface area contributed by atoms with E-state index in [0.717, 1.165) is 16.9 Å². The van der Waals surface area contributed by atoms with E-state index in [2.05, 4.69) is 0 Å². The van der Waals surface area contributed by atoms with Crippen molar-refractivity contribution in [2.45, 2.75) is 19.1 Å². The normalized spacial score (nSPS) is 26.4. The molecule has 3 nitrogen and oxygen atoms in total. The molecule has 0 unspecified atom stereocenters. The Morgan fingerprint density at radius 1 is 1.54 bits per heavy atom. The number of ether oxygens (including phenoxy) is 1. The summed E-state index contributed by atoms with van der Waals surface area (Å²) < 4.78 is 5.33. The molecule has 1 aliphatic heterocycles. The lowest BCUT2D eigenvalue weighted by Gasteiger charge is -2.27. The minimum atomic E-state index is -0.589. The Bertz CT molecular complexity index is 325. The second kappa shape index (κ2) is 3.01. The van der Waals surface area contributed by atoms with Gasteiger partial charge in [-0.15, -0.1) is 0 Å². The molecule has 0 saturated carbocycles. The number of fused-ring (bicyclic) bond motifs is 1. The van der Waals surface area contributed by atoms with Gasteiger partial charge in [0.15, 0.2) is 0 Å². The highest BCUT2D eigenvalue weighted by molar-refractivity contribution is 5.40. The van der Waals surface area contributed by atoms with Crippen molar-refractivity contribution in [1.82, 2.24) is 0 Å². The summed E-state index contributed by atoms with van der Waals surface area (Å²) in [6.07, 6.45) is -0.589. The van der Waals surface area contributed by atoms with Gasteiger partial charge in [-0.1, -0.05) is 17.7 Å². The van der Waals surface area contributed by atoms with Gasteiger partial charge in [-0.3, -0.25) is 0 Å². The molecule has 2 rings (SSSR count). The van der Waals surface area contributed by atoms with E-state index >= 15 is 0 Å². The lowest BCUT2D eigenvalue weighted by atomic mass is 9.97. The summed E-state index contributed by atoms with van der Waals surface area (Å²) >= 11 is 0. The van der Waals surface area contributed by atoms with E-state index in [1.807, 2.05) is 25.1 Å². The van der Waals surface area contributed by atoms with Gasteiger partial charge in [-0.2, -0.15) is 0 Å². The molecule has 0 fully saturated rings. The van der Waals surface area contributed by atoms with E-state index < -0.39 is 6.10 Å².